The maximum Gasteiger partial charge on any atom is 0.332 e. The van der Waals surface area contributed by atoms with E-state index in [2.05, 4.69) is 17.4 Å². The van der Waals surface area contributed by atoms with Gasteiger partial charge in [-0.3, -0.25) is 0 Å². The van der Waals surface area contributed by atoms with Gasteiger partial charge < -0.3 is 19.5 Å². The topological polar surface area (TPSA) is 56.8 Å². The quantitative estimate of drug-likeness (QED) is 0.520. The predicted octanol–water partition coefficient (Wildman–Crippen LogP) is 1.50. The van der Waals surface area contributed by atoms with Gasteiger partial charge in [0.1, 0.15) is 6.61 Å². The van der Waals surface area contributed by atoms with E-state index in [1.807, 2.05) is 12.1 Å². The summed E-state index contributed by atoms with van der Waals surface area (Å²) in [6.07, 6.45) is 0. The van der Waals surface area contributed by atoms with Gasteiger partial charge in [0.15, 0.2) is 0 Å². The number of hydrogen-bond acceptors (Lipinski definition) is 5. The average molecular weight is 281 g/mol. The molecule has 1 N–H and O–H groups in total. The SMILES string of the molecule is CCOC(=O)COCCNCc1cccc(COC)c1. The number of nitrogens with one attached hydrogen (secondary N) is 1. The number of carbonyl (C=O) groups is 1. The number of benzene rings is 1. The van der Waals surface area contributed by atoms with Crippen molar-refractivity contribution < 1.29 is 19.0 Å². The van der Waals surface area contributed by atoms with Gasteiger partial charge in [-0.1, -0.05) is 24.3 Å². The maximum absolute atomic E-state index is 11.0. The van der Waals surface area contributed by atoms with Crippen LogP contribution in [0.2, 0.25) is 0 Å². The van der Waals surface area contributed by atoms with Crippen LogP contribution in [0.3, 0.4) is 0 Å². The van der Waals surface area contributed by atoms with Gasteiger partial charge in [0.25, 0.3) is 0 Å². The zero-order valence-electron chi connectivity index (χ0n) is 12.2. The van der Waals surface area contributed by atoms with Crippen molar-refractivity contribution in [1.82, 2.24) is 5.32 Å². The Bertz CT molecular complexity index is 395. The maximum atomic E-state index is 11.0. The summed E-state index contributed by atoms with van der Waals surface area (Å²) in [5.41, 5.74) is 2.36. The Morgan fingerprint density at radius 2 is 2.10 bits per heavy atom. The lowest BCUT2D eigenvalue weighted by Crippen LogP contribution is -2.21. The van der Waals surface area contributed by atoms with Crippen LogP contribution in [0.15, 0.2) is 24.3 Å². The van der Waals surface area contributed by atoms with Crippen LogP contribution in [-0.2, 0) is 32.2 Å². The summed E-state index contributed by atoms with van der Waals surface area (Å²) in [5, 5.41) is 3.26. The molecule has 0 amide bonds. The van der Waals surface area contributed by atoms with E-state index in [4.69, 9.17) is 14.2 Å². The molecular formula is C15H23NO4. The highest BCUT2D eigenvalue weighted by Gasteiger charge is 2.00. The summed E-state index contributed by atoms with van der Waals surface area (Å²) < 4.78 is 15.0. The highest BCUT2D eigenvalue weighted by Crippen LogP contribution is 2.05. The van der Waals surface area contributed by atoms with Gasteiger partial charge in [0.05, 0.1) is 19.8 Å². The molecule has 0 radical (unpaired) electrons. The fourth-order valence-corrected chi connectivity index (χ4v) is 1.73. The first kappa shape index (κ1) is 16.6. The Morgan fingerprint density at radius 1 is 1.30 bits per heavy atom. The molecule has 1 rings (SSSR count). The Balaban J connectivity index is 2.12. The van der Waals surface area contributed by atoms with Crippen LogP contribution in [0.25, 0.3) is 0 Å². The predicted molar refractivity (Wildman–Crippen MR) is 76.3 cm³/mol. The summed E-state index contributed by atoms with van der Waals surface area (Å²) in [6.45, 7) is 4.73. The van der Waals surface area contributed by atoms with Crippen LogP contribution in [0.1, 0.15) is 18.1 Å². The van der Waals surface area contributed by atoms with Crippen molar-refractivity contribution in [2.24, 2.45) is 0 Å². The molecule has 0 bridgehead atoms. The van der Waals surface area contributed by atoms with E-state index >= 15 is 0 Å². The third-order valence-corrected chi connectivity index (χ3v) is 2.58. The molecule has 0 saturated heterocycles. The van der Waals surface area contributed by atoms with Crippen LogP contribution in [0.5, 0.6) is 0 Å². The van der Waals surface area contributed by atoms with Gasteiger partial charge in [0, 0.05) is 20.2 Å². The monoisotopic (exact) mass is 281 g/mol. The van der Waals surface area contributed by atoms with E-state index in [-0.39, 0.29) is 12.6 Å². The standard InChI is InChI=1S/C15H23NO4/c1-3-20-15(17)12-19-8-7-16-10-13-5-4-6-14(9-13)11-18-2/h4-6,9,16H,3,7-8,10-12H2,1-2H3. The van der Waals surface area contributed by atoms with Crippen molar-refractivity contribution >= 4 is 5.97 Å². The van der Waals surface area contributed by atoms with E-state index in [9.17, 15) is 4.79 Å². The van der Waals surface area contributed by atoms with Crippen molar-refractivity contribution in [1.29, 1.82) is 0 Å². The van der Waals surface area contributed by atoms with E-state index in [0.29, 0.717) is 26.4 Å². The number of hydrogen-bond donors (Lipinski definition) is 1. The normalized spacial score (nSPS) is 10.5. The molecular weight excluding hydrogens is 258 g/mol. The van der Waals surface area contributed by atoms with Crippen LogP contribution < -0.4 is 5.32 Å². The lowest BCUT2D eigenvalue weighted by Gasteiger charge is -2.07. The first-order valence-corrected chi connectivity index (χ1v) is 6.77. The minimum atomic E-state index is -0.320. The molecule has 0 heterocycles. The third kappa shape index (κ3) is 7.23. The summed E-state index contributed by atoms with van der Waals surface area (Å²) in [7, 11) is 1.69. The molecule has 0 atom stereocenters. The van der Waals surface area contributed by atoms with Crippen LogP contribution in [0.4, 0.5) is 0 Å². The number of ether oxygens (including phenoxy) is 3. The number of carbonyl (C=O) groups excluding carboxylic acids is 1. The number of rotatable bonds is 10. The van der Waals surface area contributed by atoms with Crippen molar-refractivity contribution in [2.75, 3.05) is 33.5 Å². The molecule has 0 saturated carbocycles. The lowest BCUT2D eigenvalue weighted by atomic mass is 10.1. The molecule has 5 nitrogen and oxygen atoms in total. The Morgan fingerprint density at radius 3 is 2.85 bits per heavy atom. The first-order chi connectivity index (χ1) is 9.76. The average Bonchev–Trinajstić information content (AvgIpc) is 2.44. The molecule has 5 heteroatoms. The smallest absolute Gasteiger partial charge is 0.332 e. The zero-order chi connectivity index (χ0) is 14.6. The van der Waals surface area contributed by atoms with Gasteiger partial charge in [-0.25, -0.2) is 4.79 Å². The highest BCUT2D eigenvalue weighted by atomic mass is 16.6. The summed E-state index contributed by atoms with van der Waals surface area (Å²) in [5.74, 6) is -0.320. The second-order valence-corrected chi connectivity index (χ2v) is 4.29. The van der Waals surface area contributed by atoms with E-state index in [1.54, 1.807) is 14.0 Å². The minimum absolute atomic E-state index is 0.0127. The van der Waals surface area contributed by atoms with Gasteiger partial charge in [-0.2, -0.15) is 0 Å². The van der Waals surface area contributed by atoms with Crippen molar-refractivity contribution in [3.63, 3.8) is 0 Å². The van der Waals surface area contributed by atoms with E-state index < -0.39 is 0 Å². The van der Waals surface area contributed by atoms with Crippen molar-refractivity contribution in [2.45, 2.75) is 20.1 Å². The third-order valence-electron chi connectivity index (χ3n) is 2.58. The number of methoxy groups -OCH3 is 1. The van der Waals surface area contributed by atoms with Crippen molar-refractivity contribution in [3.05, 3.63) is 35.4 Å². The molecule has 1 aromatic carbocycles. The fraction of sp³-hybridized carbons (Fsp3) is 0.533. The fourth-order valence-electron chi connectivity index (χ4n) is 1.73. The molecule has 0 aliphatic carbocycles. The molecule has 0 aliphatic rings. The summed E-state index contributed by atoms with van der Waals surface area (Å²) >= 11 is 0. The second kappa shape index (κ2) is 10.4. The Hall–Kier alpha value is -1.43. The van der Waals surface area contributed by atoms with E-state index in [0.717, 1.165) is 12.1 Å². The molecule has 0 unspecified atom stereocenters. The van der Waals surface area contributed by atoms with Gasteiger partial charge >= 0.3 is 5.97 Å². The molecule has 1 aromatic rings. The molecule has 112 valence electrons. The molecule has 0 spiro atoms. The van der Waals surface area contributed by atoms with Crippen LogP contribution >= 0.6 is 0 Å². The van der Waals surface area contributed by atoms with Gasteiger partial charge in [-0.05, 0) is 18.1 Å². The number of esters is 1. The Labute approximate surface area is 120 Å². The van der Waals surface area contributed by atoms with Crippen LogP contribution in [-0.4, -0.2) is 39.4 Å². The Kier molecular flexibility index (Phi) is 8.62. The molecule has 0 aromatic heterocycles. The van der Waals surface area contributed by atoms with Crippen molar-refractivity contribution in [3.8, 4) is 0 Å². The molecule has 0 fully saturated rings. The lowest BCUT2D eigenvalue weighted by molar-refractivity contribution is -0.148. The van der Waals surface area contributed by atoms with Gasteiger partial charge in [-0.15, -0.1) is 0 Å². The highest BCUT2D eigenvalue weighted by molar-refractivity contribution is 5.70. The van der Waals surface area contributed by atoms with Crippen LogP contribution in [0, 0.1) is 0 Å². The molecule has 20 heavy (non-hydrogen) atoms. The minimum Gasteiger partial charge on any atom is -0.464 e. The largest absolute Gasteiger partial charge is 0.464 e. The summed E-state index contributed by atoms with van der Waals surface area (Å²) in [4.78, 5) is 11.0. The van der Waals surface area contributed by atoms with Gasteiger partial charge in [0.2, 0.25) is 0 Å². The zero-order valence-corrected chi connectivity index (χ0v) is 12.2. The molecule has 0 aliphatic heterocycles. The first-order valence-electron chi connectivity index (χ1n) is 6.77. The summed E-state index contributed by atoms with van der Waals surface area (Å²) in [6, 6.07) is 8.22. The second-order valence-electron chi connectivity index (χ2n) is 4.29. The van der Waals surface area contributed by atoms with E-state index in [1.165, 1.54) is 5.56 Å².